The summed E-state index contributed by atoms with van der Waals surface area (Å²) < 4.78 is 45.5. The molecular weight excluding hydrogens is 353 g/mol. The van der Waals surface area contributed by atoms with Crippen LogP contribution < -0.4 is 4.74 Å². The molecule has 0 aliphatic carbocycles. The molecule has 1 N–H and O–H groups in total. The van der Waals surface area contributed by atoms with Crippen LogP contribution in [0.1, 0.15) is 16.2 Å². The lowest BCUT2D eigenvalue weighted by Crippen LogP contribution is -2.13. The SMILES string of the molecule is O=C(O)c1ccn(COc2nc(-c3ccccc3)cc(C(F)(F)F)n2)n1. The van der Waals surface area contributed by atoms with Gasteiger partial charge in [0.2, 0.25) is 0 Å². The highest BCUT2D eigenvalue weighted by Crippen LogP contribution is 2.31. The molecule has 3 aromatic rings. The molecule has 10 heteroatoms. The summed E-state index contributed by atoms with van der Waals surface area (Å²) in [4.78, 5) is 18.1. The predicted molar refractivity (Wildman–Crippen MR) is 82.3 cm³/mol. The average molecular weight is 364 g/mol. The van der Waals surface area contributed by atoms with Gasteiger partial charge in [0.1, 0.15) is 0 Å². The van der Waals surface area contributed by atoms with Crippen molar-refractivity contribution in [3.63, 3.8) is 0 Å². The highest BCUT2D eigenvalue weighted by molar-refractivity contribution is 5.85. The Morgan fingerprint density at radius 3 is 2.50 bits per heavy atom. The third-order valence-electron chi connectivity index (χ3n) is 3.25. The highest BCUT2D eigenvalue weighted by Gasteiger charge is 2.34. The number of nitrogens with zero attached hydrogens (tertiary/aromatic N) is 4. The Morgan fingerprint density at radius 1 is 1.15 bits per heavy atom. The first-order valence-electron chi connectivity index (χ1n) is 7.24. The molecule has 26 heavy (non-hydrogen) atoms. The van der Waals surface area contributed by atoms with Gasteiger partial charge < -0.3 is 9.84 Å². The fraction of sp³-hybridized carbons (Fsp3) is 0.125. The van der Waals surface area contributed by atoms with Crippen molar-refractivity contribution in [3.8, 4) is 17.3 Å². The van der Waals surface area contributed by atoms with Gasteiger partial charge in [-0.05, 0) is 12.1 Å². The maximum atomic E-state index is 13.1. The number of halogens is 3. The highest BCUT2D eigenvalue weighted by atomic mass is 19.4. The summed E-state index contributed by atoms with van der Waals surface area (Å²) in [6.45, 7) is -0.344. The van der Waals surface area contributed by atoms with Crippen LogP contribution in [0.15, 0.2) is 48.7 Å². The number of carboxylic acids is 1. The fourth-order valence-corrected chi connectivity index (χ4v) is 2.06. The van der Waals surface area contributed by atoms with Crippen molar-refractivity contribution in [1.82, 2.24) is 19.7 Å². The lowest BCUT2D eigenvalue weighted by Gasteiger charge is -2.11. The van der Waals surface area contributed by atoms with Gasteiger partial charge in [-0.25, -0.2) is 9.48 Å². The van der Waals surface area contributed by atoms with Crippen LogP contribution in [0.5, 0.6) is 6.01 Å². The molecule has 0 atom stereocenters. The van der Waals surface area contributed by atoms with Crippen molar-refractivity contribution in [2.75, 3.05) is 0 Å². The maximum absolute atomic E-state index is 13.1. The molecule has 0 spiro atoms. The van der Waals surface area contributed by atoms with Crippen LogP contribution in [-0.4, -0.2) is 30.8 Å². The summed E-state index contributed by atoms with van der Waals surface area (Å²) in [7, 11) is 0. The van der Waals surface area contributed by atoms with Gasteiger partial charge >= 0.3 is 18.2 Å². The summed E-state index contributed by atoms with van der Waals surface area (Å²) in [5.74, 6) is -1.23. The fourth-order valence-electron chi connectivity index (χ4n) is 2.06. The smallest absolute Gasteiger partial charge is 0.433 e. The van der Waals surface area contributed by atoms with Gasteiger partial charge in [0.25, 0.3) is 0 Å². The Hall–Kier alpha value is -3.43. The van der Waals surface area contributed by atoms with Gasteiger partial charge in [-0.1, -0.05) is 30.3 Å². The molecule has 0 saturated heterocycles. The summed E-state index contributed by atoms with van der Waals surface area (Å²) >= 11 is 0. The van der Waals surface area contributed by atoms with Crippen LogP contribution in [0.3, 0.4) is 0 Å². The van der Waals surface area contributed by atoms with Crippen LogP contribution in [0.2, 0.25) is 0 Å². The monoisotopic (exact) mass is 364 g/mol. The van der Waals surface area contributed by atoms with E-state index in [9.17, 15) is 18.0 Å². The van der Waals surface area contributed by atoms with E-state index in [4.69, 9.17) is 9.84 Å². The number of benzene rings is 1. The lowest BCUT2D eigenvalue weighted by atomic mass is 10.1. The zero-order valence-electron chi connectivity index (χ0n) is 13.0. The topological polar surface area (TPSA) is 90.1 Å². The Morgan fingerprint density at radius 2 is 1.88 bits per heavy atom. The number of carboxylic acid groups (broad SMARTS) is 1. The molecule has 7 nitrogen and oxygen atoms in total. The van der Waals surface area contributed by atoms with Gasteiger partial charge in [-0.15, -0.1) is 0 Å². The molecule has 0 bridgehead atoms. The largest absolute Gasteiger partial charge is 0.476 e. The molecule has 0 unspecified atom stereocenters. The van der Waals surface area contributed by atoms with Gasteiger partial charge in [0, 0.05) is 11.8 Å². The minimum atomic E-state index is -4.67. The maximum Gasteiger partial charge on any atom is 0.433 e. The molecule has 0 amide bonds. The molecule has 1 aromatic carbocycles. The standard InChI is InChI=1S/C16H11F3N4O3/c17-16(18,19)13-8-12(10-4-2-1-3-5-10)20-15(21-13)26-9-23-7-6-11(22-23)14(24)25/h1-8H,9H2,(H,24,25). The lowest BCUT2D eigenvalue weighted by molar-refractivity contribution is -0.141. The van der Waals surface area contributed by atoms with E-state index in [1.807, 2.05) is 0 Å². The van der Waals surface area contributed by atoms with E-state index in [-0.39, 0.29) is 18.1 Å². The molecule has 2 heterocycles. The molecular formula is C16H11F3N4O3. The number of aromatic carboxylic acids is 1. The molecule has 134 valence electrons. The van der Waals surface area contributed by atoms with Crippen LogP contribution in [0.4, 0.5) is 13.2 Å². The molecule has 0 aliphatic rings. The average Bonchev–Trinajstić information content (AvgIpc) is 3.09. The van der Waals surface area contributed by atoms with Crippen LogP contribution in [-0.2, 0) is 12.9 Å². The second kappa shape index (κ2) is 6.82. The zero-order chi connectivity index (χ0) is 18.7. The van der Waals surface area contributed by atoms with Gasteiger partial charge in [-0.3, -0.25) is 0 Å². The number of alkyl halides is 3. The van der Waals surface area contributed by atoms with Crippen LogP contribution in [0, 0.1) is 0 Å². The van der Waals surface area contributed by atoms with E-state index in [0.29, 0.717) is 5.56 Å². The number of aromatic nitrogens is 4. The minimum absolute atomic E-state index is 0.0506. The first kappa shape index (κ1) is 17.4. The molecule has 0 aliphatic heterocycles. The third-order valence-corrected chi connectivity index (χ3v) is 3.25. The van der Waals surface area contributed by atoms with E-state index in [1.165, 1.54) is 12.3 Å². The Bertz CT molecular complexity index is 926. The summed E-state index contributed by atoms with van der Waals surface area (Å²) in [5, 5.41) is 12.5. The molecule has 2 aromatic heterocycles. The first-order valence-corrected chi connectivity index (χ1v) is 7.24. The zero-order valence-corrected chi connectivity index (χ0v) is 13.0. The van der Waals surface area contributed by atoms with Crippen molar-refractivity contribution in [1.29, 1.82) is 0 Å². The van der Waals surface area contributed by atoms with Crippen LogP contribution >= 0.6 is 0 Å². The summed E-state index contributed by atoms with van der Waals surface area (Å²) in [6, 6.07) is 9.85. The van der Waals surface area contributed by atoms with E-state index >= 15 is 0 Å². The Kier molecular flexibility index (Phi) is 4.57. The molecule has 0 saturated carbocycles. The second-order valence-electron chi connectivity index (χ2n) is 5.10. The number of hydrogen-bond acceptors (Lipinski definition) is 5. The molecule has 0 fully saturated rings. The molecule has 0 radical (unpaired) electrons. The number of rotatable bonds is 5. The quantitative estimate of drug-likeness (QED) is 0.748. The Balaban J connectivity index is 1.89. The van der Waals surface area contributed by atoms with Gasteiger partial charge in [-0.2, -0.15) is 28.2 Å². The second-order valence-corrected chi connectivity index (χ2v) is 5.10. The van der Waals surface area contributed by atoms with Crippen molar-refractivity contribution < 1.29 is 27.8 Å². The summed E-state index contributed by atoms with van der Waals surface area (Å²) in [5.41, 5.74) is -0.844. The predicted octanol–water partition coefficient (Wildman–Crippen LogP) is 3.09. The number of ether oxygens (including phenoxy) is 1. The van der Waals surface area contributed by atoms with E-state index in [2.05, 4.69) is 15.1 Å². The van der Waals surface area contributed by atoms with E-state index < -0.39 is 23.8 Å². The van der Waals surface area contributed by atoms with E-state index in [0.717, 1.165) is 10.7 Å². The Labute approximate surface area is 144 Å². The normalized spacial score (nSPS) is 11.3. The summed E-state index contributed by atoms with van der Waals surface area (Å²) in [6.07, 6.45) is -3.36. The third kappa shape index (κ3) is 3.97. The van der Waals surface area contributed by atoms with Crippen molar-refractivity contribution in [2.45, 2.75) is 12.9 Å². The van der Waals surface area contributed by atoms with Crippen LogP contribution in [0.25, 0.3) is 11.3 Å². The van der Waals surface area contributed by atoms with Crippen molar-refractivity contribution in [3.05, 3.63) is 60.0 Å². The minimum Gasteiger partial charge on any atom is -0.476 e. The van der Waals surface area contributed by atoms with E-state index in [1.54, 1.807) is 30.3 Å². The number of hydrogen-bond donors (Lipinski definition) is 1. The van der Waals surface area contributed by atoms with Crippen molar-refractivity contribution >= 4 is 5.97 Å². The van der Waals surface area contributed by atoms with Gasteiger partial charge in [0.15, 0.2) is 18.1 Å². The molecule has 3 rings (SSSR count). The first-order chi connectivity index (χ1) is 12.3. The van der Waals surface area contributed by atoms with Gasteiger partial charge in [0.05, 0.1) is 5.69 Å². The number of carbonyl (C=O) groups is 1. The van der Waals surface area contributed by atoms with Crippen molar-refractivity contribution in [2.24, 2.45) is 0 Å².